The van der Waals surface area contributed by atoms with Gasteiger partial charge in [0.25, 0.3) is 11.5 Å². The van der Waals surface area contributed by atoms with Crippen molar-refractivity contribution in [3.8, 4) is 0 Å². The highest BCUT2D eigenvalue weighted by molar-refractivity contribution is 6.02. The van der Waals surface area contributed by atoms with E-state index in [1.165, 1.54) is 19.2 Å². The maximum absolute atomic E-state index is 11.9. The number of anilines is 1. The number of hydrogen-bond acceptors (Lipinski definition) is 7. The average molecular weight is 347 g/mol. The molecule has 10 nitrogen and oxygen atoms in total. The highest BCUT2D eigenvalue weighted by atomic mass is 16.5. The zero-order chi connectivity index (χ0) is 18.4. The lowest BCUT2D eigenvalue weighted by molar-refractivity contribution is -0.119. The van der Waals surface area contributed by atoms with Gasteiger partial charge in [-0.2, -0.15) is 0 Å². The molecule has 3 N–H and O–H groups in total. The normalized spacial score (nSPS) is 9.96. The Balaban J connectivity index is 2.02. The summed E-state index contributed by atoms with van der Waals surface area (Å²) < 4.78 is 9.30. The van der Waals surface area contributed by atoms with Crippen LogP contribution < -0.4 is 16.6 Å². The lowest BCUT2D eigenvalue weighted by Gasteiger charge is -2.09. The average Bonchev–Trinajstić information content (AvgIpc) is 2.58. The van der Waals surface area contributed by atoms with E-state index < -0.39 is 41.4 Å². The topological polar surface area (TPSA) is 147 Å². The molecule has 1 heterocycles. The summed E-state index contributed by atoms with van der Waals surface area (Å²) in [5, 5.41) is 2.40. The molecular weight excluding hydrogens is 334 g/mol. The number of esters is 2. The minimum atomic E-state index is -1.06. The second-order valence-electron chi connectivity index (χ2n) is 4.66. The van der Waals surface area contributed by atoms with E-state index in [1.807, 2.05) is 4.98 Å². The molecule has 130 valence electrons. The summed E-state index contributed by atoms with van der Waals surface area (Å²) in [7, 11) is 1.20. The van der Waals surface area contributed by atoms with Crippen LogP contribution in [0.1, 0.15) is 20.8 Å². The fourth-order valence-electron chi connectivity index (χ4n) is 1.85. The highest BCUT2D eigenvalue weighted by Crippen LogP contribution is 2.15. The van der Waals surface area contributed by atoms with E-state index in [-0.39, 0.29) is 11.3 Å². The molecule has 25 heavy (non-hydrogen) atoms. The molecule has 10 heteroatoms. The third-order valence-corrected chi connectivity index (χ3v) is 2.92. The lowest BCUT2D eigenvalue weighted by atomic mass is 10.2. The van der Waals surface area contributed by atoms with Gasteiger partial charge in [0.2, 0.25) is 0 Å². The fraction of sp³-hybridized carbons (Fsp3) is 0.133. The highest BCUT2D eigenvalue weighted by Gasteiger charge is 2.15. The van der Waals surface area contributed by atoms with Gasteiger partial charge >= 0.3 is 17.6 Å². The molecule has 0 aliphatic carbocycles. The molecule has 0 radical (unpaired) electrons. The summed E-state index contributed by atoms with van der Waals surface area (Å²) in [5.41, 5.74) is -1.75. The van der Waals surface area contributed by atoms with E-state index in [9.17, 15) is 24.0 Å². The predicted octanol–water partition coefficient (Wildman–Crippen LogP) is -0.355. The Bertz CT molecular complexity index is 901. The number of methoxy groups -OCH3 is 1. The molecular formula is C15H13N3O7. The van der Waals surface area contributed by atoms with Crippen molar-refractivity contribution < 1.29 is 23.9 Å². The number of rotatable bonds is 5. The zero-order valence-corrected chi connectivity index (χ0v) is 13.0. The number of benzene rings is 1. The van der Waals surface area contributed by atoms with Crippen LogP contribution in [0.3, 0.4) is 0 Å². The minimum absolute atomic E-state index is 0.128. The van der Waals surface area contributed by atoms with Crippen molar-refractivity contribution in [2.24, 2.45) is 0 Å². The fourth-order valence-corrected chi connectivity index (χ4v) is 1.85. The summed E-state index contributed by atoms with van der Waals surface area (Å²) in [5.74, 6) is -2.43. The number of nitrogens with one attached hydrogen (secondary N) is 3. The number of H-pyrrole nitrogens is 2. The number of ether oxygens (including phenoxy) is 2. The summed E-state index contributed by atoms with van der Waals surface area (Å²) in [4.78, 5) is 61.4. The van der Waals surface area contributed by atoms with Gasteiger partial charge in [0, 0.05) is 6.07 Å². The quantitative estimate of drug-likeness (QED) is 0.626. The van der Waals surface area contributed by atoms with E-state index in [0.29, 0.717) is 0 Å². The molecule has 2 aromatic rings. The van der Waals surface area contributed by atoms with Crippen LogP contribution in [0.5, 0.6) is 0 Å². The molecule has 1 aromatic heterocycles. The van der Waals surface area contributed by atoms with Crippen LogP contribution in [-0.4, -0.2) is 41.5 Å². The van der Waals surface area contributed by atoms with Gasteiger partial charge < -0.3 is 19.8 Å². The Morgan fingerprint density at radius 1 is 1.08 bits per heavy atom. The monoisotopic (exact) mass is 347 g/mol. The first-order valence-electron chi connectivity index (χ1n) is 6.88. The predicted molar refractivity (Wildman–Crippen MR) is 84.4 cm³/mol. The van der Waals surface area contributed by atoms with Gasteiger partial charge in [-0.25, -0.2) is 14.4 Å². The number of para-hydroxylation sites is 1. The molecule has 0 fully saturated rings. The van der Waals surface area contributed by atoms with Crippen molar-refractivity contribution in [2.75, 3.05) is 19.0 Å². The van der Waals surface area contributed by atoms with Crippen LogP contribution in [0.15, 0.2) is 39.9 Å². The van der Waals surface area contributed by atoms with Gasteiger partial charge in [0.15, 0.2) is 6.61 Å². The van der Waals surface area contributed by atoms with E-state index in [4.69, 9.17) is 4.74 Å². The minimum Gasteiger partial charge on any atom is -0.465 e. The number of amides is 1. The number of carbonyl (C=O) groups is 3. The molecule has 0 spiro atoms. The summed E-state index contributed by atoms with van der Waals surface area (Å²) in [6.07, 6.45) is 0. The van der Waals surface area contributed by atoms with E-state index >= 15 is 0 Å². The van der Waals surface area contributed by atoms with Crippen LogP contribution in [-0.2, 0) is 14.3 Å². The Hall–Kier alpha value is -3.69. The van der Waals surface area contributed by atoms with Crippen molar-refractivity contribution in [1.82, 2.24) is 9.97 Å². The first-order chi connectivity index (χ1) is 11.9. The SMILES string of the molecule is COC(=O)c1ccccc1NC(=O)COC(=O)c1cc(=O)[nH]c(=O)[nH]1. The van der Waals surface area contributed by atoms with E-state index in [1.54, 1.807) is 12.1 Å². The van der Waals surface area contributed by atoms with Crippen molar-refractivity contribution in [1.29, 1.82) is 0 Å². The molecule has 1 aromatic carbocycles. The third-order valence-electron chi connectivity index (χ3n) is 2.92. The zero-order valence-electron chi connectivity index (χ0n) is 13.0. The van der Waals surface area contributed by atoms with Gasteiger partial charge in [-0.3, -0.25) is 14.6 Å². The van der Waals surface area contributed by atoms with Crippen LogP contribution in [0, 0.1) is 0 Å². The van der Waals surface area contributed by atoms with Crippen LogP contribution in [0.25, 0.3) is 0 Å². The Morgan fingerprint density at radius 3 is 2.48 bits per heavy atom. The van der Waals surface area contributed by atoms with E-state index in [2.05, 4.69) is 15.0 Å². The second kappa shape index (κ2) is 7.73. The molecule has 0 aliphatic heterocycles. The Kier molecular flexibility index (Phi) is 5.46. The number of hydrogen-bond donors (Lipinski definition) is 3. The number of carbonyl (C=O) groups excluding carboxylic acids is 3. The van der Waals surface area contributed by atoms with Crippen molar-refractivity contribution >= 4 is 23.5 Å². The molecule has 0 aliphatic rings. The van der Waals surface area contributed by atoms with Crippen molar-refractivity contribution in [3.05, 3.63) is 62.4 Å². The number of aromatic amines is 2. The smallest absolute Gasteiger partial charge is 0.355 e. The summed E-state index contributed by atoms with van der Waals surface area (Å²) >= 11 is 0. The standard InChI is InChI=1S/C15H13N3O7/c1-24-13(21)8-4-2-3-5-9(8)16-12(20)7-25-14(22)10-6-11(19)18-15(23)17-10/h2-6H,7H2,1H3,(H,16,20)(H2,17,18,19,23). The van der Waals surface area contributed by atoms with Gasteiger partial charge in [0.05, 0.1) is 18.4 Å². The second-order valence-corrected chi connectivity index (χ2v) is 4.66. The third kappa shape index (κ3) is 4.64. The van der Waals surface area contributed by atoms with Crippen LogP contribution in [0.4, 0.5) is 5.69 Å². The Morgan fingerprint density at radius 2 is 1.80 bits per heavy atom. The molecule has 0 saturated carbocycles. The molecule has 0 atom stereocenters. The largest absolute Gasteiger partial charge is 0.465 e. The van der Waals surface area contributed by atoms with Crippen LogP contribution in [0.2, 0.25) is 0 Å². The van der Waals surface area contributed by atoms with Crippen molar-refractivity contribution in [3.63, 3.8) is 0 Å². The maximum Gasteiger partial charge on any atom is 0.355 e. The van der Waals surface area contributed by atoms with E-state index in [0.717, 1.165) is 6.07 Å². The molecule has 0 bridgehead atoms. The van der Waals surface area contributed by atoms with Crippen LogP contribution >= 0.6 is 0 Å². The number of aromatic nitrogens is 2. The van der Waals surface area contributed by atoms with Gasteiger partial charge in [-0.05, 0) is 12.1 Å². The first-order valence-corrected chi connectivity index (χ1v) is 6.88. The Labute approximate surface area is 139 Å². The van der Waals surface area contributed by atoms with Crippen molar-refractivity contribution in [2.45, 2.75) is 0 Å². The summed E-state index contributed by atoms with van der Waals surface area (Å²) in [6, 6.07) is 6.93. The summed E-state index contributed by atoms with van der Waals surface area (Å²) in [6.45, 7) is -0.691. The molecule has 0 unspecified atom stereocenters. The molecule has 0 saturated heterocycles. The molecule has 1 amide bonds. The maximum atomic E-state index is 11.9. The molecule has 2 rings (SSSR count). The lowest BCUT2D eigenvalue weighted by Crippen LogP contribution is -2.27. The van der Waals surface area contributed by atoms with Gasteiger partial charge in [0.1, 0.15) is 5.69 Å². The first kappa shape index (κ1) is 17.7. The van der Waals surface area contributed by atoms with Gasteiger partial charge in [-0.1, -0.05) is 12.1 Å². The van der Waals surface area contributed by atoms with Gasteiger partial charge in [-0.15, -0.1) is 0 Å².